The number of aryl methyl sites for hydroxylation is 2. The van der Waals surface area contributed by atoms with Crippen LogP contribution in [0.3, 0.4) is 0 Å². The van der Waals surface area contributed by atoms with Crippen LogP contribution in [0.15, 0.2) is 44.7 Å². The van der Waals surface area contributed by atoms with Gasteiger partial charge in [0.25, 0.3) is 5.91 Å². The lowest BCUT2D eigenvalue weighted by Gasteiger charge is -2.30. The third-order valence-electron chi connectivity index (χ3n) is 5.98. The molecular weight excluding hydrogens is 468 g/mol. The quantitative estimate of drug-likeness (QED) is 0.425. The number of amides is 3. The molecule has 10 heteroatoms. The number of anilines is 1. The van der Waals surface area contributed by atoms with Gasteiger partial charge in [-0.3, -0.25) is 14.4 Å². The van der Waals surface area contributed by atoms with Crippen molar-refractivity contribution in [3.63, 3.8) is 0 Å². The molecule has 9 nitrogen and oxygen atoms in total. The Morgan fingerprint density at radius 3 is 2.57 bits per heavy atom. The molecule has 3 aromatic heterocycles. The third kappa shape index (κ3) is 6.60. The highest BCUT2D eigenvalue weighted by molar-refractivity contribution is 7.09. The third-order valence-corrected chi connectivity index (χ3v) is 6.84. The molecule has 0 aliphatic heterocycles. The first-order valence-corrected chi connectivity index (χ1v) is 12.7. The van der Waals surface area contributed by atoms with E-state index in [1.54, 1.807) is 32.0 Å². The summed E-state index contributed by atoms with van der Waals surface area (Å²) in [6.07, 6.45) is 3.88. The average molecular weight is 499 g/mol. The van der Waals surface area contributed by atoms with Gasteiger partial charge in [0.05, 0.1) is 6.54 Å². The fourth-order valence-electron chi connectivity index (χ4n) is 4.26. The van der Waals surface area contributed by atoms with Crippen molar-refractivity contribution in [2.75, 3.05) is 5.32 Å². The summed E-state index contributed by atoms with van der Waals surface area (Å²) in [6, 6.07) is 8.11. The predicted molar refractivity (Wildman–Crippen MR) is 131 cm³/mol. The van der Waals surface area contributed by atoms with Gasteiger partial charge in [-0.1, -0.05) is 24.1 Å². The number of furan rings is 1. The first-order chi connectivity index (χ1) is 16.9. The summed E-state index contributed by atoms with van der Waals surface area (Å²) in [7, 11) is 0. The summed E-state index contributed by atoms with van der Waals surface area (Å²) in [5.74, 6) is 1.00. The molecule has 0 saturated heterocycles. The van der Waals surface area contributed by atoms with Gasteiger partial charge in [-0.25, -0.2) is 0 Å². The van der Waals surface area contributed by atoms with E-state index in [0.29, 0.717) is 23.1 Å². The van der Waals surface area contributed by atoms with Crippen molar-refractivity contribution in [3.8, 4) is 0 Å². The van der Waals surface area contributed by atoms with Crippen LogP contribution in [0.25, 0.3) is 0 Å². The summed E-state index contributed by atoms with van der Waals surface area (Å²) in [5.41, 5.74) is 0. The standard InChI is InChI=1S/C25H30N4O5S/c1-16-9-10-20(33-16)24(25(32)26-18-6-3-4-7-18)29(15-19-8-5-13-35-19)23(31)12-11-22(30)27-21-14-17(2)34-28-21/h5,8-10,13-14,18,24H,3-4,6-7,11-12,15H2,1-2H3,(H,26,32)(H,27,28,30)/t24-/m1/s1. The maximum Gasteiger partial charge on any atom is 0.250 e. The van der Waals surface area contributed by atoms with Crippen LogP contribution in [-0.4, -0.2) is 33.8 Å². The first-order valence-electron chi connectivity index (χ1n) is 11.8. The Hall–Kier alpha value is -3.40. The van der Waals surface area contributed by atoms with Crippen molar-refractivity contribution in [3.05, 3.63) is 57.9 Å². The topological polar surface area (TPSA) is 118 Å². The lowest BCUT2D eigenvalue weighted by molar-refractivity contribution is -0.143. The van der Waals surface area contributed by atoms with E-state index < -0.39 is 6.04 Å². The van der Waals surface area contributed by atoms with Crippen LogP contribution in [0.2, 0.25) is 0 Å². The molecule has 0 bridgehead atoms. The van der Waals surface area contributed by atoms with E-state index in [2.05, 4.69) is 15.8 Å². The van der Waals surface area contributed by atoms with E-state index in [-0.39, 0.29) is 43.1 Å². The highest BCUT2D eigenvalue weighted by Gasteiger charge is 2.35. The average Bonchev–Trinajstić information content (AvgIpc) is 3.62. The van der Waals surface area contributed by atoms with Gasteiger partial charge in [-0.2, -0.15) is 0 Å². The summed E-state index contributed by atoms with van der Waals surface area (Å²) >= 11 is 1.51. The number of carbonyl (C=O) groups is 3. The van der Waals surface area contributed by atoms with Crippen molar-refractivity contribution in [2.24, 2.45) is 0 Å². The minimum absolute atomic E-state index is 0.0557. The molecule has 1 fully saturated rings. The molecule has 1 saturated carbocycles. The van der Waals surface area contributed by atoms with Gasteiger partial charge >= 0.3 is 0 Å². The van der Waals surface area contributed by atoms with Crippen LogP contribution in [-0.2, 0) is 20.9 Å². The largest absolute Gasteiger partial charge is 0.464 e. The van der Waals surface area contributed by atoms with E-state index in [4.69, 9.17) is 8.94 Å². The van der Waals surface area contributed by atoms with Gasteiger partial charge in [0.1, 0.15) is 17.3 Å². The molecule has 4 rings (SSSR count). The van der Waals surface area contributed by atoms with Crippen molar-refractivity contribution in [1.29, 1.82) is 0 Å². The second kappa shape index (κ2) is 11.4. The fourth-order valence-corrected chi connectivity index (χ4v) is 4.97. The number of rotatable bonds is 10. The maximum atomic E-state index is 13.5. The molecular formula is C25H30N4O5S. The monoisotopic (exact) mass is 498 g/mol. The van der Waals surface area contributed by atoms with Gasteiger partial charge in [0.15, 0.2) is 11.9 Å². The Morgan fingerprint density at radius 1 is 1.14 bits per heavy atom. The van der Waals surface area contributed by atoms with Crippen LogP contribution in [0.4, 0.5) is 5.82 Å². The van der Waals surface area contributed by atoms with Crippen molar-refractivity contribution >= 4 is 34.9 Å². The van der Waals surface area contributed by atoms with E-state index in [1.165, 1.54) is 16.2 Å². The second-order valence-electron chi connectivity index (χ2n) is 8.81. The molecule has 186 valence electrons. The van der Waals surface area contributed by atoms with Gasteiger partial charge in [-0.15, -0.1) is 11.3 Å². The number of aromatic nitrogens is 1. The molecule has 1 atom stereocenters. The molecule has 0 unspecified atom stereocenters. The van der Waals surface area contributed by atoms with Crippen LogP contribution < -0.4 is 10.6 Å². The molecule has 2 N–H and O–H groups in total. The summed E-state index contributed by atoms with van der Waals surface area (Å²) in [5, 5.41) is 11.4. The van der Waals surface area contributed by atoms with Crippen LogP contribution in [0, 0.1) is 13.8 Å². The zero-order valence-corrected chi connectivity index (χ0v) is 20.7. The Balaban J connectivity index is 1.53. The molecule has 3 amide bonds. The molecule has 3 aromatic rings. The minimum atomic E-state index is -0.930. The smallest absolute Gasteiger partial charge is 0.250 e. The Morgan fingerprint density at radius 2 is 1.94 bits per heavy atom. The lowest BCUT2D eigenvalue weighted by Crippen LogP contribution is -2.45. The molecule has 0 spiro atoms. The number of thiophene rings is 1. The molecule has 1 aliphatic carbocycles. The van der Waals surface area contributed by atoms with Gasteiger partial charge in [-0.05, 0) is 50.3 Å². The van der Waals surface area contributed by atoms with Crippen molar-refractivity contribution < 1.29 is 23.3 Å². The van der Waals surface area contributed by atoms with Crippen LogP contribution >= 0.6 is 11.3 Å². The van der Waals surface area contributed by atoms with Crippen LogP contribution in [0.1, 0.15) is 66.7 Å². The number of hydrogen-bond donors (Lipinski definition) is 2. The van der Waals surface area contributed by atoms with Gasteiger partial charge < -0.3 is 24.5 Å². The van der Waals surface area contributed by atoms with E-state index in [0.717, 1.165) is 30.6 Å². The molecule has 0 aromatic carbocycles. The summed E-state index contributed by atoms with van der Waals surface area (Å²) in [6.45, 7) is 3.77. The van der Waals surface area contributed by atoms with E-state index >= 15 is 0 Å². The SMILES string of the molecule is Cc1cc(NC(=O)CCC(=O)N(Cc2cccs2)[C@@H](C(=O)NC2CCCC2)c2ccc(C)o2)no1. The molecule has 0 radical (unpaired) electrons. The number of nitrogens with one attached hydrogen (secondary N) is 2. The van der Waals surface area contributed by atoms with E-state index in [9.17, 15) is 14.4 Å². The zero-order chi connectivity index (χ0) is 24.8. The number of hydrogen-bond acceptors (Lipinski definition) is 7. The van der Waals surface area contributed by atoms with Gasteiger partial charge in [0.2, 0.25) is 11.8 Å². The molecule has 3 heterocycles. The maximum absolute atomic E-state index is 13.5. The first kappa shape index (κ1) is 24.7. The molecule has 35 heavy (non-hydrogen) atoms. The number of nitrogens with zero attached hydrogens (tertiary/aromatic N) is 2. The highest BCUT2D eigenvalue weighted by Crippen LogP contribution is 2.29. The number of carbonyl (C=O) groups excluding carboxylic acids is 3. The Bertz CT molecular complexity index is 1150. The van der Waals surface area contributed by atoms with E-state index in [1.807, 2.05) is 17.5 Å². The fraction of sp³-hybridized carbons (Fsp3) is 0.440. The zero-order valence-electron chi connectivity index (χ0n) is 19.9. The normalized spacial score (nSPS) is 14.6. The van der Waals surface area contributed by atoms with Crippen LogP contribution in [0.5, 0.6) is 0 Å². The van der Waals surface area contributed by atoms with Crippen molar-refractivity contribution in [1.82, 2.24) is 15.4 Å². The lowest BCUT2D eigenvalue weighted by atomic mass is 10.1. The highest BCUT2D eigenvalue weighted by atomic mass is 32.1. The molecule has 1 aliphatic rings. The summed E-state index contributed by atoms with van der Waals surface area (Å²) in [4.78, 5) is 41.9. The second-order valence-corrected chi connectivity index (χ2v) is 9.85. The Kier molecular flexibility index (Phi) is 8.02. The Labute approximate surface area is 207 Å². The summed E-state index contributed by atoms with van der Waals surface area (Å²) < 4.78 is 10.8. The minimum Gasteiger partial charge on any atom is -0.464 e. The van der Waals surface area contributed by atoms with Gasteiger partial charge in [0, 0.05) is 29.8 Å². The van der Waals surface area contributed by atoms with Crippen molar-refractivity contribution in [2.45, 2.75) is 71.0 Å². The predicted octanol–water partition coefficient (Wildman–Crippen LogP) is 4.49.